The van der Waals surface area contributed by atoms with Crippen LogP contribution in [0.3, 0.4) is 0 Å². The third-order valence-electron chi connectivity index (χ3n) is 3.37. The largest absolute Gasteiger partial charge is 0.481 e. The van der Waals surface area contributed by atoms with Gasteiger partial charge in [0, 0.05) is 12.6 Å². The standard InChI is InChI=1S/C10H14N2O3/c1-6-7(11-12(2)8(6)13)10(9(14)15)4-3-5-10/h11H,3-5H2,1-2H3,(H,14,15). The fourth-order valence-electron chi connectivity index (χ4n) is 2.23. The minimum absolute atomic E-state index is 0.141. The molecule has 1 aromatic rings. The van der Waals surface area contributed by atoms with E-state index in [1.807, 2.05) is 0 Å². The molecule has 0 spiro atoms. The van der Waals surface area contributed by atoms with Crippen LogP contribution in [-0.2, 0) is 17.3 Å². The molecule has 1 aliphatic rings. The Morgan fingerprint density at radius 2 is 2.13 bits per heavy atom. The summed E-state index contributed by atoms with van der Waals surface area (Å²) in [6.45, 7) is 1.68. The first kappa shape index (κ1) is 10.0. The third kappa shape index (κ3) is 1.15. The molecule has 15 heavy (non-hydrogen) atoms. The summed E-state index contributed by atoms with van der Waals surface area (Å²) in [4.78, 5) is 22.8. The highest BCUT2D eigenvalue weighted by Gasteiger charge is 2.48. The van der Waals surface area contributed by atoms with Crippen molar-refractivity contribution in [1.82, 2.24) is 9.78 Å². The van der Waals surface area contributed by atoms with E-state index in [0.29, 0.717) is 24.1 Å². The van der Waals surface area contributed by atoms with E-state index in [2.05, 4.69) is 5.10 Å². The van der Waals surface area contributed by atoms with Gasteiger partial charge in [-0.05, 0) is 19.8 Å². The maximum absolute atomic E-state index is 11.5. The number of carboxylic acid groups (broad SMARTS) is 1. The van der Waals surface area contributed by atoms with E-state index in [-0.39, 0.29) is 5.56 Å². The number of hydrogen-bond acceptors (Lipinski definition) is 2. The van der Waals surface area contributed by atoms with Crippen LogP contribution >= 0.6 is 0 Å². The van der Waals surface area contributed by atoms with Crippen molar-refractivity contribution in [3.05, 3.63) is 21.6 Å². The molecular weight excluding hydrogens is 196 g/mol. The van der Waals surface area contributed by atoms with Crippen LogP contribution in [0.15, 0.2) is 4.79 Å². The predicted molar refractivity (Wildman–Crippen MR) is 53.9 cm³/mol. The van der Waals surface area contributed by atoms with Gasteiger partial charge in [0.1, 0.15) is 5.41 Å². The highest BCUT2D eigenvalue weighted by Crippen LogP contribution is 2.43. The van der Waals surface area contributed by atoms with E-state index in [0.717, 1.165) is 6.42 Å². The van der Waals surface area contributed by atoms with Crippen LogP contribution in [0.25, 0.3) is 0 Å². The van der Waals surface area contributed by atoms with Gasteiger partial charge in [-0.3, -0.25) is 19.4 Å². The first-order valence-corrected chi connectivity index (χ1v) is 4.98. The topological polar surface area (TPSA) is 75.1 Å². The Labute approximate surface area is 86.7 Å². The van der Waals surface area contributed by atoms with E-state index in [4.69, 9.17) is 0 Å². The fourth-order valence-corrected chi connectivity index (χ4v) is 2.23. The second kappa shape index (κ2) is 2.98. The van der Waals surface area contributed by atoms with E-state index in [1.54, 1.807) is 14.0 Å². The molecule has 2 N–H and O–H groups in total. The molecule has 0 atom stereocenters. The van der Waals surface area contributed by atoms with E-state index >= 15 is 0 Å². The smallest absolute Gasteiger partial charge is 0.315 e. The van der Waals surface area contributed by atoms with Crippen LogP contribution in [0.2, 0.25) is 0 Å². The normalized spacial score (nSPS) is 18.5. The van der Waals surface area contributed by atoms with Gasteiger partial charge in [0.15, 0.2) is 0 Å². The monoisotopic (exact) mass is 210 g/mol. The van der Waals surface area contributed by atoms with Crippen LogP contribution in [0.1, 0.15) is 30.5 Å². The van der Waals surface area contributed by atoms with Crippen molar-refractivity contribution in [3.63, 3.8) is 0 Å². The summed E-state index contributed by atoms with van der Waals surface area (Å²) in [5.74, 6) is -0.835. The zero-order valence-electron chi connectivity index (χ0n) is 8.83. The number of aromatic nitrogens is 2. The highest BCUT2D eigenvalue weighted by atomic mass is 16.4. The number of hydrogen-bond donors (Lipinski definition) is 2. The average Bonchev–Trinajstić information content (AvgIpc) is 2.32. The number of carbonyl (C=O) groups is 1. The van der Waals surface area contributed by atoms with Gasteiger partial charge in [-0.25, -0.2) is 0 Å². The third-order valence-corrected chi connectivity index (χ3v) is 3.37. The van der Waals surface area contributed by atoms with E-state index < -0.39 is 11.4 Å². The molecule has 0 saturated heterocycles. The Morgan fingerprint density at radius 1 is 1.53 bits per heavy atom. The van der Waals surface area contributed by atoms with Gasteiger partial charge in [0.05, 0.1) is 5.69 Å². The summed E-state index contributed by atoms with van der Waals surface area (Å²) in [7, 11) is 1.60. The van der Waals surface area contributed by atoms with Crippen LogP contribution in [0.4, 0.5) is 0 Å². The Morgan fingerprint density at radius 3 is 2.40 bits per heavy atom. The zero-order valence-corrected chi connectivity index (χ0v) is 8.83. The van der Waals surface area contributed by atoms with Crippen LogP contribution < -0.4 is 5.56 Å². The molecule has 0 bridgehead atoms. The molecular formula is C10H14N2O3. The molecule has 1 aliphatic carbocycles. The molecule has 1 aromatic heterocycles. The maximum atomic E-state index is 11.5. The number of nitrogens with one attached hydrogen (secondary N) is 1. The summed E-state index contributed by atoms with van der Waals surface area (Å²) in [5.41, 5.74) is 0.121. The van der Waals surface area contributed by atoms with Crippen molar-refractivity contribution in [2.75, 3.05) is 0 Å². The molecule has 1 heterocycles. The van der Waals surface area contributed by atoms with Gasteiger partial charge in [-0.2, -0.15) is 0 Å². The SMILES string of the molecule is Cc1c(C2(C(=O)O)CCC2)[nH]n(C)c1=O. The van der Waals surface area contributed by atoms with Crippen molar-refractivity contribution < 1.29 is 9.90 Å². The van der Waals surface area contributed by atoms with Gasteiger partial charge in [-0.1, -0.05) is 6.42 Å². The van der Waals surface area contributed by atoms with Gasteiger partial charge in [0.25, 0.3) is 5.56 Å². The Bertz CT molecular complexity index is 466. The number of nitrogens with zero attached hydrogens (tertiary/aromatic N) is 1. The number of carboxylic acids is 1. The molecule has 0 aromatic carbocycles. The summed E-state index contributed by atoms with van der Waals surface area (Å²) in [6, 6.07) is 0. The molecule has 5 nitrogen and oxygen atoms in total. The van der Waals surface area contributed by atoms with Crippen molar-refractivity contribution in [1.29, 1.82) is 0 Å². The predicted octanol–water partition coefficient (Wildman–Crippen LogP) is 0.528. The number of rotatable bonds is 2. The molecule has 1 fully saturated rings. The molecule has 82 valence electrons. The van der Waals surface area contributed by atoms with Crippen LogP contribution in [-0.4, -0.2) is 20.9 Å². The second-order valence-corrected chi connectivity index (χ2v) is 4.22. The minimum atomic E-state index is -0.843. The molecule has 0 unspecified atom stereocenters. The molecule has 2 rings (SSSR count). The molecule has 0 radical (unpaired) electrons. The average molecular weight is 210 g/mol. The highest BCUT2D eigenvalue weighted by molar-refractivity contribution is 5.82. The lowest BCUT2D eigenvalue weighted by molar-refractivity contribution is -0.147. The number of aryl methyl sites for hydroxylation is 1. The molecule has 0 amide bonds. The lowest BCUT2D eigenvalue weighted by Crippen LogP contribution is -2.43. The first-order valence-electron chi connectivity index (χ1n) is 4.98. The van der Waals surface area contributed by atoms with E-state index in [9.17, 15) is 14.7 Å². The molecule has 5 heteroatoms. The number of aromatic amines is 1. The lowest BCUT2D eigenvalue weighted by Gasteiger charge is -2.37. The summed E-state index contributed by atoms with van der Waals surface area (Å²) in [6.07, 6.45) is 2.13. The van der Waals surface area contributed by atoms with Crippen molar-refractivity contribution in [3.8, 4) is 0 Å². The Hall–Kier alpha value is -1.52. The Kier molecular flexibility index (Phi) is 1.99. The van der Waals surface area contributed by atoms with Crippen LogP contribution in [0, 0.1) is 6.92 Å². The maximum Gasteiger partial charge on any atom is 0.315 e. The van der Waals surface area contributed by atoms with Gasteiger partial charge >= 0.3 is 5.97 Å². The van der Waals surface area contributed by atoms with Crippen molar-refractivity contribution in [2.24, 2.45) is 7.05 Å². The first-order chi connectivity index (χ1) is 6.99. The quantitative estimate of drug-likeness (QED) is 0.747. The minimum Gasteiger partial charge on any atom is -0.481 e. The fraction of sp³-hybridized carbons (Fsp3) is 0.600. The van der Waals surface area contributed by atoms with Crippen LogP contribution in [0.5, 0.6) is 0 Å². The number of aliphatic carboxylic acids is 1. The van der Waals surface area contributed by atoms with Crippen molar-refractivity contribution >= 4 is 5.97 Å². The van der Waals surface area contributed by atoms with Gasteiger partial charge in [-0.15, -0.1) is 0 Å². The van der Waals surface area contributed by atoms with Crippen molar-refractivity contribution in [2.45, 2.75) is 31.6 Å². The molecule has 1 saturated carbocycles. The second-order valence-electron chi connectivity index (χ2n) is 4.22. The zero-order chi connectivity index (χ0) is 11.2. The molecule has 0 aliphatic heterocycles. The lowest BCUT2D eigenvalue weighted by atomic mass is 9.66. The van der Waals surface area contributed by atoms with E-state index in [1.165, 1.54) is 4.68 Å². The Balaban J connectivity index is 2.58. The summed E-state index contributed by atoms with van der Waals surface area (Å²) < 4.78 is 1.34. The van der Waals surface area contributed by atoms with Gasteiger partial charge in [0.2, 0.25) is 0 Å². The number of H-pyrrole nitrogens is 1. The summed E-state index contributed by atoms with van der Waals surface area (Å²) >= 11 is 0. The van der Waals surface area contributed by atoms with Gasteiger partial charge < -0.3 is 5.11 Å². The summed E-state index contributed by atoms with van der Waals surface area (Å²) in [5, 5.41) is 12.1.